The maximum absolute atomic E-state index is 12.0. The second kappa shape index (κ2) is 6.17. The van der Waals surface area contributed by atoms with Crippen LogP contribution >= 0.6 is 23.1 Å². The van der Waals surface area contributed by atoms with Crippen molar-refractivity contribution in [2.24, 2.45) is 0 Å². The van der Waals surface area contributed by atoms with Crippen LogP contribution in [-0.4, -0.2) is 37.2 Å². The molecule has 2 heterocycles. The minimum absolute atomic E-state index is 0.249. The Morgan fingerprint density at radius 2 is 2.21 bits per heavy atom. The minimum atomic E-state index is -0.439. The lowest BCUT2D eigenvalue weighted by atomic mass is 10.2. The SMILES string of the molecule is CCOC(=O)c1c(N2CCSCC2)sc(C#N)c1N. The lowest BCUT2D eigenvalue weighted by Gasteiger charge is -2.27. The van der Waals surface area contributed by atoms with E-state index in [1.165, 1.54) is 11.3 Å². The van der Waals surface area contributed by atoms with Crippen molar-refractivity contribution in [1.29, 1.82) is 5.26 Å². The number of anilines is 2. The summed E-state index contributed by atoms with van der Waals surface area (Å²) in [6.07, 6.45) is 0. The predicted octanol–water partition coefficient (Wildman–Crippen LogP) is 1.93. The van der Waals surface area contributed by atoms with E-state index in [9.17, 15) is 4.79 Å². The van der Waals surface area contributed by atoms with Gasteiger partial charge < -0.3 is 15.4 Å². The molecule has 7 heteroatoms. The molecule has 1 aromatic rings. The van der Waals surface area contributed by atoms with Crippen molar-refractivity contribution in [2.45, 2.75) is 6.92 Å². The molecule has 2 rings (SSSR count). The van der Waals surface area contributed by atoms with Gasteiger partial charge in [0.25, 0.3) is 0 Å². The summed E-state index contributed by atoms with van der Waals surface area (Å²) in [4.78, 5) is 14.5. The number of nitriles is 1. The number of thiophene rings is 1. The molecule has 0 unspecified atom stereocenters. The molecule has 5 nitrogen and oxygen atoms in total. The molecule has 0 bridgehead atoms. The summed E-state index contributed by atoms with van der Waals surface area (Å²) in [5.41, 5.74) is 6.51. The summed E-state index contributed by atoms with van der Waals surface area (Å²) in [7, 11) is 0. The molecule has 1 saturated heterocycles. The Morgan fingerprint density at radius 1 is 1.53 bits per heavy atom. The van der Waals surface area contributed by atoms with Crippen LogP contribution in [0.1, 0.15) is 22.2 Å². The molecule has 1 fully saturated rings. The van der Waals surface area contributed by atoms with Crippen molar-refractivity contribution in [3.63, 3.8) is 0 Å². The van der Waals surface area contributed by atoms with E-state index in [-0.39, 0.29) is 5.69 Å². The lowest BCUT2D eigenvalue weighted by Crippen LogP contribution is -2.33. The van der Waals surface area contributed by atoms with E-state index >= 15 is 0 Å². The zero-order valence-electron chi connectivity index (χ0n) is 10.6. The highest BCUT2D eigenvalue weighted by Crippen LogP contribution is 2.39. The molecular weight excluding hydrogens is 282 g/mol. The zero-order valence-corrected chi connectivity index (χ0v) is 12.3. The van der Waals surface area contributed by atoms with Gasteiger partial charge in [-0.2, -0.15) is 17.0 Å². The highest BCUT2D eigenvalue weighted by molar-refractivity contribution is 7.99. The highest BCUT2D eigenvalue weighted by atomic mass is 32.2. The average molecular weight is 297 g/mol. The molecule has 1 aromatic heterocycles. The van der Waals surface area contributed by atoms with E-state index in [0.717, 1.165) is 29.6 Å². The number of esters is 1. The maximum Gasteiger partial charge on any atom is 0.343 e. The van der Waals surface area contributed by atoms with Gasteiger partial charge in [-0.1, -0.05) is 0 Å². The molecule has 2 N–H and O–H groups in total. The Hall–Kier alpha value is -1.39. The van der Waals surface area contributed by atoms with E-state index in [4.69, 9.17) is 15.7 Å². The zero-order chi connectivity index (χ0) is 13.8. The van der Waals surface area contributed by atoms with Crippen molar-refractivity contribution in [3.8, 4) is 6.07 Å². The number of carbonyl (C=O) groups excluding carboxylic acids is 1. The second-order valence-corrected chi connectivity index (χ2v) is 6.18. The van der Waals surface area contributed by atoms with Crippen LogP contribution in [-0.2, 0) is 4.74 Å². The Bertz CT molecular complexity index is 516. The van der Waals surface area contributed by atoms with Crippen LogP contribution in [0.4, 0.5) is 10.7 Å². The lowest BCUT2D eigenvalue weighted by molar-refractivity contribution is 0.0529. The van der Waals surface area contributed by atoms with Gasteiger partial charge in [0.1, 0.15) is 21.5 Å². The first-order chi connectivity index (χ1) is 9.19. The van der Waals surface area contributed by atoms with Crippen LogP contribution in [0.2, 0.25) is 0 Å². The van der Waals surface area contributed by atoms with E-state index < -0.39 is 5.97 Å². The van der Waals surface area contributed by atoms with E-state index in [2.05, 4.69) is 4.90 Å². The molecule has 1 aliphatic rings. The van der Waals surface area contributed by atoms with Gasteiger partial charge in [-0.3, -0.25) is 0 Å². The Balaban J connectivity index is 2.40. The Labute approximate surface area is 120 Å². The fourth-order valence-electron chi connectivity index (χ4n) is 1.90. The van der Waals surface area contributed by atoms with Gasteiger partial charge in [-0.15, -0.1) is 11.3 Å². The molecule has 0 aliphatic carbocycles. The molecule has 0 amide bonds. The first-order valence-corrected chi connectivity index (χ1v) is 7.98. The van der Waals surface area contributed by atoms with Gasteiger partial charge in [0.05, 0.1) is 12.3 Å². The van der Waals surface area contributed by atoms with Crippen molar-refractivity contribution in [3.05, 3.63) is 10.4 Å². The predicted molar refractivity (Wildman–Crippen MR) is 78.9 cm³/mol. The largest absolute Gasteiger partial charge is 0.462 e. The molecule has 1 aliphatic heterocycles. The summed E-state index contributed by atoms with van der Waals surface area (Å²) in [6.45, 7) is 3.78. The first-order valence-electron chi connectivity index (χ1n) is 6.01. The number of nitrogen functional groups attached to an aromatic ring is 1. The highest BCUT2D eigenvalue weighted by Gasteiger charge is 2.27. The number of rotatable bonds is 3. The number of ether oxygens (including phenoxy) is 1. The van der Waals surface area contributed by atoms with Crippen LogP contribution in [0.15, 0.2) is 0 Å². The number of hydrogen-bond acceptors (Lipinski definition) is 7. The van der Waals surface area contributed by atoms with Crippen LogP contribution in [0.3, 0.4) is 0 Å². The topological polar surface area (TPSA) is 79.3 Å². The molecule has 0 aromatic carbocycles. The number of nitrogens with two attached hydrogens (primary N) is 1. The first kappa shape index (κ1) is 14.0. The third-order valence-corrected chi connectivity index (χ3v) is 4.92. The van der Waals surface area contributed by atoms with E-state index in [0.29, 0.717) is 17.0 Å². The standard InChI is InChI=1S/C12H15N3O2S2/c1-2-17-12(16)9-10(14)8(7-13)19-11(9)15-3-5-18-6-4-15/h2-6,14H2,1H3. The van der Waals surface area contributed by atoms with Crippen LogP contribution < -0.4 is 10.6 Å². The number of thioether (sulfide) groups is 1. The van der Waals surface area contributed by atoms with Gasteiger partial charge in [0, 0.05) is 24.6 Å². The molecule has 102 valence electrons. The molecule has 0 radical (unpaired) electrons. The van der Waals surface area contributed by atoms with Crippen molar-refractivity contribution >= 4 is 39.8 Å². The minimum Gasteiger partial charge on any atom is -0.462 e. The van der Waals surface area contributed by atoms with Crippen molar-refractivity contribution in [2.75, 3.05) is 41.8 Å². The van der Waals surface area contributed by atoms with Crippen LogP contribution in [0.5, 0.6) is 0 Å². The van der Waals surface area contributed by atoms with Gasteiger partial charge in [0.2, 0.25) is 0 Å². The van der Waals surface area contributed by atoms with Gasteiger partial charge in [-0.05, 0) is 6.92 Å². The summed E-state index contributed by atoms with van der Waals surface area (Å²) >= 11 is 3.16. The summed E-state index contributed by atoms with van der Waals surface area (Å²) in [5.74, 6) is 1.59. The monoisotopic (exact) mass is 297 g/mol. The van der Waals surface area contributed by atoms with E-state index in [1.807, 2.05) is 17.8 Å². The molecule has 19 heavy (non-hydrogen) atoms. The second-order valence-electron chi connectivity index (χ2n) is 3.96. The molecule has 0 saturated carbocycles. The smallest absolute Gasteiger partial charge is 0.343 e. The van der Waals surface area contributed by atoms with Crippen LogP contribution in [0.25, 0.3) is 0 Å². The van der Waals surface area contributed by atoms with E-state index in [1.54, 1.807) is 6.92 Å². The molecular formula is C12H15N3O2S2. The van der Waals surface area contributed by atoms with Gasteiger partial charge in [0.15, 0.2) is 0 Å². The Morgan fingerprint density at radius 3 is 2.79 bits per heavy atom. The fraction of sp³-hybridized carbons (Fsp3) is 0.500. The summed E-state index contributed by atoms with van der Waals surface area (Å²) < 4.78 is 5.04. The Kier molecular flexibility index (Phi) is 4.56. The maximum atomic E-state index is 12.0. The van der Waals surface area contributed by atoms with Crippen molar-refractivity contribution in [1.82, 2.24) is 0 Å². The van der Waals surface area contributed by atoms with Gasteiger partial charge in [-0.25, -0.2) is 4.79 Å². The summed E-state index contributed by atoms with van der Waals surface area (Å²) in [5, 5.41) is 9.84. The third-order valence-electron chi connectivity index (χ3n) is 2.81. The average Bonchev–Trinajstić information content (AvgIpc) is 2.77. The van der Waals surface area contributed by atoms with Crippen LogP contribution in [0, 0.1) is 11.3 Å². The fourth-order valence-corrected chi connectivity index (χ4v) is 3.87. The number of hydrogen-bond donors (Lipinski definition) is 1. The number of carbonyl (C=O) groups is 1. The molecule has 0 spiro atoms. The van der Waals surface area contributed by atoms with Crippen molar-refractivity contribution < 1.29 is 9.53 Å². The summed E-state index contributed by atoms with van der Waals surface area (Å²) in [6, 6.07) is 2.05. The quantitative estimate of drug-likeness (QED) is 0.859. The normalized spacial score (nSPS) is 15.1. The van der Waals surface area contributed by atoms with Gasteiger partial charge >= 0.3 is 5.97 Å². The third kappa shape index (κ3) is 2.80. The molecule has 0 atom stereocenters. The number of nitrogens with zero attached hydrogens (tertiary/aromatic N) is 2.